The Bertz CT molecular complexity index is 1280. The van der Waals surface area contributed by atoms with Crippen LogP contribution in [0, 0.1) is 5.82 Å². The summed E-state index contributed by atoms with van der Waals surface area (Å²) in [5.41, 5.74) is 6.70. The predicted molar refractivity (Wildman–Crippen MR) is 105 cm³/mol. The minimum Gasteiger partial charge on any atom is -0.382 e. The van der Waals surface area contributed by atoms with Crippen molar-refractivity contribution in [2.45, 2.75) is 9.92 Å². The smallest absolute Gasteiger partial charge is 0.225 e. The zero-order chi connectivity index (χ0) is 20.4. The molecule has 144 valence electrons. The molecule has 4 rings (SSSR count). The molecule has 3 heterocycles. The third-order valence-corrected chi connectivity index (χ3v) is 5.89. The molecule has 4 aromatic rings. The maximum atomic E-state index is 14.8. The number of aromatic nitrogens is 4. The Morgan fingerprint density at radius 1 is 0.862 bits per heavy atom. The highest BCUT2D eigenvalue weighted by Crippen LogP contribution is 2.32. The van der Waals surface area contributed by atoms with Crippen LogP contribution in [0.5, 0.6) is 0 Å². The number of pyridine rings is 2. The van der Waals surface area contributed by atoms with E-state index in [2.05, 4.69) is 19.9 Å². The third-order valence-electron chi connectivity index (χ3n) is 4.20. The molecule has 0 spiro atoms. The first kappa shape index (κ1) is 18.6. The lowest BCUT2D eigenvalue weighted by atomic mass is 10.0. The van der Waals surface area contributed by atoms with Gasteiger partial charge in [-0.15, -0.1) is 0 Å². The van der Waals surface area contributed by atoms with E-state index in [0.29, 0.717) is 11.3 Å². The van der Waals surface area contributed by atoms with E-state index >= 15 is 0 Å². The Hall–Kier alpha value is -3.72. The number of hydrogen-bond donors (Lipinski definition) is 1. The van der Waals surface area contributed by atoms with Crippen molar-refractivity contribution >= 4 is 15.7 Å². The molecule has 7 nitrogen and oxygen atoms in total. The van der Waals surface area contributed by atoms with E-state index in [-0.39, 0.29) is 26.9 Å². The molecule has 0 fully saturated rings. The zero-order valence-corrected chi connectivity index (χ0v) is 15.7. The van der Waals surface area contributed by atoms with Crippen molar-refractivity contribution in [1.29, 1.82) is 0 Å². The summed E-state index contributed by atoms with van der Waals surface area (Å²) in [6.07, 6.45) is 6.81. The Labute approximate surface area is 166 Å². The summed E-state index contributed by atoms with van der Waals surface area (Å²) in [7, 11) is -3.93. The molecule has 0 aliphatic carbocycles. The van der Waals surface area contributed by atoms with Crippen LogP contribution in [0.3, 0.4) is 0 Å². The van der Waals surface area contributed by atoms with Gasteiger partial charge in [0, 0.05) is 29.7 Å². The van der Waals surface area contributed by atoms with Gasteiger partial charge in [0.1, 0.15) is 11.6 Å². The van der Waals surface area contributed by atoms with E-state index in [1.165, 1.54) is 55.2 Å². The first-order chi connectivity index (χ1) is 14.0. The van der Waals surface area contributed by atoms with Crippen LogP contribution in [0.25, 0.3) is 22.4 Å². The van der Waals surface area contributed by atoms with E-state index in [1.807, 2.05) is 0 Å². The van der Waals surface area contributed by atoms with Crippen LogP contribution in [0.4, 0.5) is 10.2 Å². The topological polar surface area (TPSA) is 112 Å². The molecule has 0 amide bonds. The van der Waals surface area contributed by atoms with Gasteiger partial charge in [0.15, 0.2) is 5.03 Å². The van der Waals surface area contributed by atoms with Gasteiger partial charge in [-0.05, 0) is 42.0 Å². The van der Waals surface area contributed by atoms with Gasteiger partial charge in [-0.3, -0.25) is 9.97 Å². The lowest BCUT2D eigenvalue weighted by Gasteiger charge is -2.11. The molecule has 2 N–H and O–H groups in total. The minimum absolute atomic E-state index is 0.00851. The molecule has 1 aromatic carbocycles. The molecule has 0 unspecified atom stereocenters. The highest BCUT2D eigenvalue weighted by Gasteiger charge is 2.24. The maximum Gasteiger partial charge on any atom is 0.225 e. The molecule has 0 saturated carbocycles. The van der Waals surface area contributed by atoms with E-state index in [0.717, 1.165) is 0 Å². The number of benzene rings is 1. The van der Waals surface area contributed by atoms with Crippen molar-refractivity contribution < 1.29 is 12.8 Å². The second-order valence-corrected chi connectivity index (χ2v) is 7.93. The lowest BCUT2D eigenvalue weighted by molar-refractivity contribution is 0.592. The zero-order valence-electron chi connectivity index (χ0n) is 14.9. The molecule has 0 bridgehead atoms. The van der Waals surface area contributed by atoms with E-state index in [4.69, 9.17) is 5.73 Å². The molecule has 0 saturated heterocycles. The Morgan fingerprint density at radius 2 is 1.69 bits per heavy atom. The Morgan fingerprint density at radius 3 is 2.38 bits per heavy atom. The summed E-state index contributed by atoms with van der Waals surface area (Å²) in [6.45, 7) is 0. The van der Waals surface area contributed by atoms with Crippen LogP contribution < -0.4 is 5.73 Å². The van der Waals surface area contributed by atoms with Crippen LogP contribution in [0.1, 0.15) is 0 Å². The number of anilines is 1. The molecule has 0 aliphatic rings. The summed E-state index contributed by atoms with van der Waals surface area (Å²) < 4.78 is 40.8. The molecule has 29 heavy (non-hydrogen) atoms. The van der Waals surface area contributed by atoms with Crippen LogP contribution >= 0.6 is 0 Å². The number of halogens is 1. The van der Waals surface area contributed by atoms with Crippen molar-refractivity contribution in [3.8, 4) is 22.4 Å². The number of sulfone groups is 1. The summed E-state index contributed by atoms with van der Waals surface area (Å²) >= 11 is 0. The molecule has 0 aliphatic heterocycles. The number of nitrogens with two attached hydrogens (primary N) is 1. The van der Waals surface area contributed by atoms with Gasteiger partial charge in [-0.1, -0.05) is 6.07 Å². The van der Waals surface area contributed by atoms with E-state index in [9.17, 15) is 12.8 Å². The maximum absolute atomic E-state index is 14.8. The van der Waals surface area contributed by atoms with Crippen molar-refractivity contribution in [2.75, 3.05) is 5.73 Å². The van der Waals surface area contributed by atoms with Crippen molar-refractivity contribution in [2.24, 2.45) is 0 Å². The third kappa shape index (κ3) is 3.55. The molecule has 3 aromatic heterocycles. The largest absolute Gasteiger partial charge is 0.382 e. The first-order valence-corrected chi connectivity index (χ1v) is 9.93. The minimum atomic E-state index is -3.93. The van der Waals surface area contributed by atoms with Crippen molar-refractivity contribution in [1.82, 2.24) is 19.9 Å². The van der Waals surface area contributed by atoms with Crippen molar-refractivity contribution in [3.05, 3.63) is 79.3 Å². The van der Waals surface area contributed by atoms with Gasteiger partial charge in [0.05, 0.1) is 23.0 Å². The van der Waals surface area contributed by atoms with Gasteiger partial charge in [-0.2, -0.15) is 0 Å². The SMILES string of the molecule is Nc1cnc(-c2ccc(-c3cccnc3S(=O)(=O)c3cccnc3)cc2F)cn1. The van der Waals surface area contributed by atoms with Crippen LogP contribution in [-0.2, 0) is 9.84 Å². The second-order valence-electron chi connectivity index (χ2n) is 6.07. The summed E-state index contributed by atoms with van der Waals surface area (Å²) in [6, 6.07) is 10.5. The highest BCUT2D eigenvalue weighted by atomic mass is 32.2. The fourth-order valence-corrected chi connectivity index (χ4v) is 4.17. The summed E-state index contributed by atoms with van der Waals surface area (Å²) in [5.74, 6) is -0.346. The van der Waals surface area contributed by atoms with Gasteiger partial charge in [-0.25, -0.2) is 22.8 Å². The monoisotopic (exact) mass is 407 g/mol. The number of nitrogens with zero attached hydrogens (tertiary/aromatic N) is 4. The standard InChI is InChI=1S/C20H14FN5O2S/c21-17-9-13(5-6-16(17)18-11-26-19(22)12-25-18)15-4-2-8-24-20(15)29(27,28)14-3-1-7-23-10-14/h1-12H,(H2,22,26). The second kappa shape index (κ2) is 7.36. The summed E-state index contributed by atoms with van der Waals surface area (Å²) in [5, 5.41) is -0.174. The Kier molecular flexibility index (Phi) is 4.73. The molecule has 0 radical (unpaired) electrons. The molecule has 9 heteroatoms. The molecule has 0 atom stereocenters. The van der Waals surface area contributed by atoms with Crippen LogP contribution in [0.2, 0.25) is 0 Å². The lowest BCUT2D eigenvalue weighted by Crippen LogP contribution is -2.07. The first-order valence-electron chi connectivity index (χ1n) is 8.45. The summed E-state index contributed by atoms with van der Waals surface area (Å²) in [4.78, 5) is 15.9. The predicted octanol–water partition coefficient (Wildman–Crippen LogP) is 3.15. The fourth-order valence-electron chi connectivity index (χ4n) is 2.81. The fraction of sp³-hybridized carbons (Fsp3) is 0. The van der Waals surface area contributed by atoms with E-state index in [1.54, 1.807) is 18.2 Å². The molecular formula is C20H14FN5O2S. The highest BCUT2D eigenvalue weighted by molar-refractivity contribution is 7.91. The number of nitrogen functional groups attached to an aromatic ring is 1. The Balaban J connectivity index is 1.81. The van der Waals surface area contributed by atoms with Gasteiger partial charge in [0.2, 0.25) is 9.84 Å². The average Bonchev–Trinajstić information content (AvgIpc) is 2.75. The van der Waals surface area contributed by atoms with Crippen LogP contribution in [0.15, 0.2) is 83.4 Å². The quantitative estimate of drug-likeness (QED) is 0.553. The van der Waals surface area contributed by atoms with Crippen LogP contribution in [-0.4, -0.2) is 28.4 Å². The van der Waals surface area contributed by atoms with Gasteiger partial charge >= 0.3 is 0 Å². The van der Waals surface area contributed by atoms with Gasteiger partial charge in [0.25, 0.3) is 0 Å². The van der Waals surface area contributed by atoms with Crippen molar-refractivity contribution in [3.63, 3.8) is 0 Å². The number of rotatable bonds is 4. The molecular weight excluding hydrogens is 393 g/mol. The normalized spacial score (nSPS) is 11.3. The number of hydrogen-bond acceptors (Lipinski definition) is 7. The van der Waals surface area contributed by atoms with E-state index < -0.39 is 15.7 Å². The average molecular weight is 407 g/mol. The van der Waals surface area contributed by atoms with Gasteiger partial charge < -0.3 is 5.73 Å².